The largest absolute Gasteiger partial charge is 0.379 e. The molecular formula is C36H53F2N3O8. The van der Waals surface area contributed by atoms with E-state index in [4.69, 9.17) is 9.47 Å². The van der Waals surface area contributed by atoms with Gasteiger partial charge in [-0.15, -0.1) is 0 Å². The average molecular weight is 694 g/mol. The normalized spacial score (nSPS) is 20.4. The third-order valence-corrected chi connectivity index (χ3v) is 8.77. The van der Waals surface area contributed by atoms with E-state index in [2.05, 4.69) is 15.4 Å². The summed E-state index contributed by atoms with van der Waals surface area (Å²) in [5.74, 6) is -4.25. The zero-order valence-electron chi connectivity index (χ0n) is 29.4. The summed E-state index contributed by atoms with van der Waals surface area (Å²) in [6, 6.07) is 7.33. The van der Waals surface area contributed by atoms with Crippen molar-refractivity contribution in [3.8, 4) is 0 Å². The first-order valence-corrected chi connectivity index (χ1v) is 17.2. The van der Waals surface area contributed by atoms with Gasteiger partial charge >= 0.3 is 6.61 Å². The highest BCUT2D eigenvalue weighted by molar-refractivity contribution is 5.98. The number of ketones is 3. The van der Waals surface area contributed by atoms with Crippen LogP contribution in [-0.4, -0.2) is 104 Å². The molecule has 0 spiro atoms. The third kappa shape index (κ3) is 14.0. The number of epoxide rings is 1. The van der Waals surface area contributed by atoms with Crippen molar-refractivity contribution in [1.82, 2.24) is 15.5 Å². The van der Waals surface area contributed by atoms with E-state index in [-0.39, 0.29) is 62.2 Å². The van der Waals surface area contributed by atoms with Gasteiger partial charge in [0.1, 0.15) is 11.4 Å². The van der Waals surface area contributed by atoms with Crippen molar-refractivity contribution in [3.63, 3.8) is 0 Å². The summed E-state index contributed by atoms with van der Waals surface area (Å²) in [4.78, 5) is 69.3. The second-order valence-electron chi connectivity index (χ2n) is 14.2. The van der Waals surface area contributed by atoms with Gasteiger partial charge in [0.05, 0.1) is 51.0 Å². The Balaban J connectivity index is 1.78. The van der Waals surface area contributed by atoms with Crippen LogP contribution in [0.2, 0.25) is 0 Å². The number of carbonyl (C=O) groups excluding carboxylic acids is 5. The second-order valence-corrected chi connectivity index (χ2v) is 14.2. The van der Waals surface area contributed by atoms with Crippen LogP contribution in [0, 0.1) is 23.7 Å². The van der Waals surface area contributed by atoms with Crippen LogP contribution in [0.4, 0.5) is 8.78 Å². The summed E-state index contributed by atoms with van der Waals surface area (Å²) < 4.78 is 41.2. The van der Waals surface area contributed by atoms with E-state index < -0.39 is 60.3 Å². The molecule has 2 saturated heterocycles. The molecule has 0 radical (unpaired) electrons. The van der Waals surface area contributed by atoms with E-state index in [9.17, 15) is 32.8 Å². The van der Waals surface area contributed by atoms with Gasteiger partial charge in [-0.05, 0) is 43.6 Å². The van der Waals surface area contributed by atoms with E-state index in [1.807, 2.05) is 62.9 Å². The molecule has 2 aliphatic heterocycles. The third-order valence-electron chi connectivity index (χ3n) is 8.77. The van der Waals surface area contributed by atoms with Crippen LogP contribution >= 0.6 is 0 Å². The molecule has 13 heteroatoms. The minimum absolute atomic E-state index is 0.0397. The fourth-order valence-corrected chi connectivity index (χ4v) is 5.95. The van der Waals surface area contributed by atoms with Gasteiger partial charge in [-0.2, -0.15) is 8.78 Å². The van der Waals surface area contributed by atoms with Crippen molar-refractivity contribution in [3.05, 3.63) is 35.9 Å². The maximum absolute atomic E-state index is 13.9. The number of hydrogen-bond donors (Lipinski definition) is 2. The molecule has 0 unspecified atom stereocenters. The maximum atomic E-state index is 13.9. The minimum Gasteiger partial charge on any atom is -0.379 e. The number of benzene rings is 1. The zero-order valence-corrected chi connectivity index (χ0v) is 29.4. The van der Waals surface area contributed by atoms with Crippen molar-refractivity contribution in [1.29, 1.82) is 0 Å². The Morgan fingerprint density at radius 1 is 0.878 bits per heavy atom. The number of nitrogens with one attached hydrogen (secondary N) is 2. The van der Waals surface area contributed by atoms with E-state index in [0.29, 0.717) is 32.7 Å². The van der Waals surface area contributed by atoms with Crippen molar-refractivity contribution in [2.45, 2.75) is 91.0 Å². The quantitative estimate of drug-likeness (QED) is 0.175. The number of ether oxygens (including phenoxy) is 3. The number of hydrogen-bond acceptors (Lipinski definition) is 9. The maximum Gasteiger partial charge on any atom is 0.345 e. The highest BCUT2D eigenvalue weighted by Gasteiger charge is 2.50. The van der Waals surface area contributed by atoms with Crippen LogP contribution < -0.4 is 10.6 Å². The summed E-state index contributed by atoms with van der Waals surface area (Å²) in [7, 11) is 0. The Hall–Kier alpha value is -3.13. The lowest BCUT2D eigenvalue weighted by Crippen LogP contribution is -2.50. The first-order chi connectivity index (χ1) is 23.2. The van der Waals surface area contributed by atoms with Gasteiger partial charge < -0.3 is 24.8 Å². The molecule has 0 bridgehead atoms. The molecule has 5 atom stereocenters. The van der Waals surface area contributed by atoms with Crippen molar-refractivity contribution in [2.24, 2.45) is 23.7 Å². The summed E-state index contributed by atoms with van der Waals surface area (Å²) >= 11 is 0. The number of carbonyl (C=O) groups is 5. The zero-order chi connectivity index (χ0) is 36.1. The molecule has 2 amide bonds. The summed E-state index contributed by atoms with van der Waals surface area (Å²) in [5, 5.41) is 5.60. The first kappa shape index (κ1) is 40.3. The molecule has 1 aromatic rings. The van der Waals surface area contributed by atoms with Crippen LogP contribution in [0.3, 0.4) is 0 Å². The summed E-state index contributed by atoms with van der Waals surface area (Å²) in [5.41, 5.74) is -0.134. The lowest BCUT2D eigenvalue weighted by atomic mass is 9.87. The van der Waals surface area contributed by atoms with E-state index in [1.54, 1.807) is 6.92 Å². The molecule has 1 aromatic carbocycles. The van der Waals surface area contributed by atoms with E-state index >= 15 is 0 Å². The molecule has 0 aromatic heterocycles. The van der Waals surface area contributed by atoms with Gasteiger partial charge in [0.15, 0.2) is 11.6 Å². The highest BCUT2D eigenvalue weighted by Crippen LogP contribution is 2.30. The molecular weight excluding hydrogens is 640 g/mol. The lowest BCUT2D eigenvalue weighted by molar-refractivity contribution is -0.152. The average Bonchev–Trinajstić information content (AvgIpc) is 3.80. The van der Waals surface area contributed by atoms with Gasteiger partial charge in [-0.3, -0.25) is 28.9 Å². The summed E-state index contributed by atoms with van der Waals surface area (Å²) in [6.07, 6.45) is 0.235. The number of alkyl halides is 2. The lowest BCUT2D eigenvalue weighted by Gasteiger charge is -2.27. The molecule has 2 N–H and O–H groups in total. The second kappa shape index (κ2) is 19.3. The van der Waals surface area contributed by atoms with Crippen molar-refractivity contribution < 1.29 is 47.0 Å². The Labute approximate surface area is 288 Å². The molecule has 2 aliphatic rings. The Morgan fingerprint density at radius 2 is 1.45 bits per heavy atom. The monoisotopic (exact) mass is 693 g/mol. The smallest absolute Gasteiger partial charge is 0.345 e. The molecule has 0 aliphatic carbocycles. The van der Waals surface area contributed by atoms with Crippen LogP contribution in [0.1, 0.15) is 65.9 Å². The fraction of sp³-hybridized carbons (Fsp3) is 0.694. The van der Waals surface area contributed by atoms with E-state index in [0.717, 1.165) is 5.56 Å². The SMILES string of the molecule is CC(C)C[C@H](NC(=O)[C@H](COC(F)F)CC(=O)CN1CCOCC1)C(=O)C[C@@H](Cc1ccccc1)C(=O)N[C@@H](CC(C)C)C(=O)[C@@]1(C)CO1. The standard InChI is InChI=1S/C36H53F2N3O8/c1-23(2)15-29(39-34(46)27(21-48-35(37)38)18-28(42)20-41-11-13-47-14-12-41)31(43)19-26(17-25-9-7-6-8-10-25)33(45)40-30(16-24(3)4)32(44)36(5)22-49-36/h6-10,23-24,26-27,29-30,35H,11-22H2,1-5H3,(H,39,46)(H,40,45)/t26-,27+,29+,30+,36-/m1/s1. The van der Waals surface area contributed by atoms with Crippen molar-refractivity contribution in [2.75, 3.05) is 46.1 Å². The predicted octanol–water partition coefficient (Wildman–Crippen LogP) is 3.37. The molecule has 3 rings (SSSR count). The number of nitrogens with zero attached hydrogens (tertiary/aromatic N) is 1. The van der Waals surface area contributed by atoms with Crippen LogP contribution in [0.15, 0.2) is 30.3 Å². The molecule has 11 nitrogen and oxygen atoms in total. The van der Waals surface area contributed by atoms with Crippen LogP contribution in [0.5, 0.6) is 0 Å². The van der Waals surface area contributed by atoms with Crippen LogP contribution in [0.25, 0.3) is 0 Å². The number of amides is 2. The fourth-order valence-electron chi connectivity index (χ4n) is 5.95. The van der Waals surface area contributed by atoms with Gasteiger partial charge in [-0.25, -0.2) is 0 Å². The number of rotatable bonds is 22. The van der Waals surface area contributed by atoms with Gasteiger partial charge in [0.25, 0.3) is 0 Å². The minimum atomic E-state index is -3.14. The van der Waals surface area contributed by atoms with Crippen LogP contribution in [-0.2, 0) is 44.6 Å². The topological polar surface area (TPSA) is 144 Å². The molecule has 0 saturated carbocycles. The first-order valence-electron chi connectivity index (χ1n) is 17.2. The Kier molecular flexibility index (Phi) is 15.9. The summed E-state index contributed by atoms with van der Waals surface area (Å²) in [6.45, 7) is 7.81. The number of morpholine rings is 1. The van der Waals surface area contributed by atoms with Gasteiger partial charge in [-0.1, -0.05) is 58.0 Å². The van der Waals surface area contributed by atoms with Gasteiger partial charge in [0, 0.05) is 31.8 Å². The Morgan fingerprint density at radius 3 is 2.02 bits per heavy atom. The molecule has 2 fully saturated rings. The Bertz CT molecular complexity index is 1250. The highest BCUT2D eigenvalue weighted by atomic mass is 19.3. The van der Waals surface area contributed by atoms with Gasteiger partial charge in [0.2, 0.25) is 11.8 Å². The van der Waals surface area contributed by atoms with E-state index in [1.165, 1.54) is 0 Å². The van der Waals surface area contributed by atoms with Crippen molar-refractivity contribution >= 4 is 29.2 Å². The predicted molar refractivity (Wildman–Crippen MR) is 178 cm³/mol. The molecule has 2 heterocycles. The number of Topliss-reactive ketones (excluding diaryl/α,β-unsaturated/α-hetero) is 3. The molecule has 274 valence electrons. The molecule has 49 heavy (non-hydrogen) atoms. The number of halogens is 2.